The number of carbonyl (C=O) groups excluding carboxylic acids is 2. The van der Waals surface area contributed by atoms with E-state index in [1.165, 1.54) is 15.4 Å². The average molecular weight is 424 g/mol. The molecular formula is C24H31N4O3+. The first-order valence-electron chi connectivity index (χ1n) is 11.1. The number of quaternary nitrogens is 1. The zero-order chi connectivity index (χ0) is 21.6. The Labute approximate surface area is 183 Å². The smallest absolute Gasteiger partial charge is 0.322 e. The monoisotopic (exact) mass is 423 g/mol. The maximum absolute atomic E-state index is 12.9. The number of aliphatic hydroxyl groups is 1. The Balaban J connectivity index is 1.28. The molecule has 164 valence electrons. The van der Waals surface area contributed by atoms with Crippen molar-refractivity contribution in [2.75, 3.05) is 25.0 Å². The van der Waals surface area contributed by atoms with Crippen LogP contribution < -0.4 is 15.5 Å². The van der Waals surface area contributed by atoms with Gasteiger partial charge >= 0.3 is 6.03 Å². The highest BCUT2D eigenvalue weighted by atomic mass is 16.3. The molecule has 2 fully saturated rings. The van der Waals surface area contributed by atoms with Crippen molar-refractivity contribution in [1.82, 2.24) is 10.2 Å². The molecule has 0 aliphatic carbocycles. The van der Waals surface area contributed by atoms with Crippen molar-refractivity contribution in [2.24, 2.45) is 0 Å². The van der Waals surface area contributed by atoms with Crippen LogP contribution in [0.4, 0.5) is 10.5 Å². The summed E-state index contributed by atoms with van der Waals surface area (Å²) >= 11 is 0. The van der Waals surface area contributed by atoms with Gasteiger partial charge in [0.25, 0.3) is 0 Å². The van der Waals surface area contributed by atoms with Gasteiger partial charge in [-0.2, -0.15) is 0 Å². The van der Waals surface area contributed by atoms with Crippen LogP contribution in [0.1, 0.15) is 24.8 Å². The predicted octanol–water partition coefficient (Wildman–Crippen LogP) is 1.02. The molecule has 0 saturated carbocycles. The quantitative estimate of drug-likeness (QED) is 0.579. The lowest BCUT2D eigenvalue weighted by atomic mass is 10.0. The number of anilines is 1. The number of likely N-dealkylation sites (tertiary alicyclic amines) is 2. The maximum Gasteiger partial charge on any atom is 0.322 e. The molecule has 0 radical (unpaired) electrons. The number of benzene rings is 2. The van der Waals surface area contributed by atoms with Gasteiger partial charge < -0.3 is 25.5 Å². The highest BCUT2D eigenvalue weighted by Crippen LogP contribution is 2.20. The summed E-state index contributed by atoms with van der Waals surface area (Å²) in [6, 6.07) is 18.7. The number of nitrogens with zero attached hydrogens (tertiary/aromatic N) is 1. The minimum absolute atomic E-state index is 0.115. The van der Waals surface area contributed by atoms with Gasteiger partial charge in [-0.25, -0.2) is 4.79 Å². The van der Waals surface area contributed by atoms with Gasteiger partial charge in [-0.3, -0.25) is 4.79 Å². The summed E-state index contributed by atoms with van der Waals surface area (Å²) in [5, 5.41) is 16.1. The van der Waals surface area contributed by atoms with Crippen LogP contribution in [0.5, 0.6) is 0 Å². The van der Waals surface area contributed by atoms with Crippen molar-refractivity contribution in [3.63, 3.8) is 0 Å². The van der Waals surface area contributed by atoms with Crippen LogP contribution in [0.2, 0.25) is 0 Å². The van der Waals surface area contributed by atoms with E-state index in [2.05, 4.69) is 34.9 Å². The Morgan fingerprint density at radius 3 is 2.32 bits per heavy atom. The molecule has 31 heavy (non-hydrogen) atoms. The molecule has 2 aliphatic heterocycles. The van der Waals surface area contributed by atoms with Gasteiger partial charge in [-0.1, -0.05) is 48.5 Å². The summed E-state index contributed by atoms with van der Waals surface area (Å²) in [4.78, 5) is 28.6. The number of carbonyl (C=O) groups is 2. The van der Waals surface area contributed by atoms with Crippen LogP contribution in [0, 0.1) is 0 Å². The summed E-state index contributed by atoms with van der Waals surface area (Å²) in [6.07, 6.45) is 1.42. The molecule has 7 nitrogen and oxygen atoms in total. The Bertz CT molecular complexity index is 869. The lowest BCUT2D eigenvalue weighted by Crippen LogP contribution is -3.12. The van der Waals surface area contributed by atoms with Crippen LogP contribution in [-0.4, -0.2) is 59.8 Å². The van der Waals surface area contributed by atoms with Crippen LogP contribution >= 0.6 is 0 Å². The minimum Gasteiger partial charge on any atom is -0.391 e. The van der Waals surface area contributed by atoms with Crippen LogP contribution in [0.3, 0.4) is 0 Å². The molecular weight excluding hydrogens is 392 g/mol. The number of piperidine rings is 1. The minimum atomic E-state index is -0.686. The topological polar surface area (TPSA) is 86.1 Å². The Kier molecular flexibility index (Phi) is 6.84. The number of para-hydroxylation sites is 1. The van der Waals surface area contributed by atoms with Crippen molar-refractivity contribution < 1.29 is 19.6 Å². The van der Waals surface area contributed by atoms with Crippen LogP contribution in [0.25, 0.3) is 0 Å². The fraction of sp³-hybridized carbons (Fsp3) is 0.417. The fourth-order valence-electron chi connectivity index (χ4n) is 4.53. The molecule has 4 rings (SSSR count). The van der Waals surface area contributed by atoms with Crippen molar-refractivity contribution in [2.45, 2.75) is 44.0 Å². The molecule has 2 atom stereocenters. The van der Waals surface area contributed by atoms with Crippen LogP contribution in [0.15, 0.2) is 60.7 Å². The van der Waals surface area contributed by atoms with Gasteiger partial charge in [0, 0.05) is 43.1 Å². The average Bonchev–Trinajstić information content (AvgIpc) is 3.19. The summed E-state index contributed by atoms with van der Waals surface area (Å²) in [5.41, 5.74) is 2.00. The summed E-state index contributed by atoms with van der Waals surface area (Å²) < 4.78 is 0. The second kappa shape index (κ2) is 9.94. The zero-order valence-corrected chi connectivity index (χ0v) is 17.7. The first kappa shape index (κ1) is 21.3. The molecule has 0 aromatic heterocycles. The Hall–Kier alpha value is -2.90. The number of hydrogen-bond acceptors (Lipinski definition) is 3. The molecule has 7 heteroatoms. The third kappa shape index (κ3) is 5.62. The number of rotatable bonds is 5. The number of aliphatic hydroxyl groups excluding tert-OH is 1. The number of amides is 3. The molecule has 0 unspecified atom stereocenters. The molecule has 2 heterocycles. The van der Waals surface area contributed by atoms with E-state index >= 15 is 0 Å². The van der Waals surface area contributed by atoms with E-state index in [1.54, 1.807) is 12.1 Å². The van der Waals surface area contributed by atoms with E-state index in [1.807, 2.05) is 24.3 Å². The largest absolute Gasteiger partial charge is 0.391 e. The molecule has 0 spiro atoms. The van der Waals surface area contributed by atoms with E-state index in [0.717, 1.165) is 32.5 Å². The summed E-state index contributed by atoms with van der Waals surface area (Å²) in [7, 11) is 0. The molecule has 0 bridgehead atoms. The second-order valence-electron chi connectivity index (χ2n) is 8.55. The molecule has 2 aromatic rings. The van der Waals surface area contributed by atoms with E-state index in [0.29, 0.717) is 5.69 Å². The molecule has 2 aromatic carbocycles. The third-order valence-electron chi connectivity index (χ3n) is 6.20. The molecule has 3 amide bonds. The predicted molar refractivity (Wildman–Crippen MR) is 119 cm³/mol. The number of hydrogen-bond donors (Lipinski definition) is 4. The maximum atomic E-state index is 12.9. The Morgan fingerprint density at radius 2 is 1.65 bits per heavy atom. The van der Waals surface area contributed by atoms with E-state index in [-0.39, 0.29) is 30.9 Å². The highest BCUT2D eigenvalue weighted by Gasteiger charge is 2.40. The van der Waals surface area contributed by atoms with Gasteiger partial charge in [0.1, 0.15) is 12.6 Å². The highest BCUT2D eigenvalue weighted by molar-refractivity contribution is 5.94. The van der Waals surface area contributed by atoms with Crippen molar-refractivity contribution in [3.05, 3.63) is 66.2 Å². The molecule has 2 aliphatic rings. The van der Waals surface area contributed by atoms with Gasteiger partial charge in [0.2, 0.25) is 5.91 Å². The van der Waals surface area contributed by atoms with Crippen LogP contribution in [-0.2, 0) is 11.3 Å². The van der Waals surface area contributed by atoms with Gasteiger partial charge in [-0.05, 0) is 12.1 Å². The van der Waals surface area contributed by atoms with E-state index in [4.69, 9.17) is 0 Å². The zero-order valence-electron chi connectivity index (χ0n) is 17.7. The first-order valence-corrected chi connectivity index (χ1v) is 11.1. The van der Waals surface area contributed by atoms with E-state index < -0.39 is 12.1 Å². The lowest BCUT2D eigenvalue weighted by molar-refractivity contribution is -0.918. The van der Waals surface area contributed by atoms with Crippen molar-refractivity contribution in [1.29, 1.82) is 0 Å². The number of nitrogens with one attached hydrogen (secondary N) is 3. The summed E-state index contributed by atoms with van der Waals surface area (Å²) in [6.45, 7) is 3.18. The molecule has 4 N–H and O–H groups in total. The third-order valence-corrected chi connectivity index (χ3v) is 6.20. The fourth-order valence-corrected chi connectivity index (χ4v) is 4.53. The Morgan fingerprint density at radius 1 is 1.00 bits per heavy atom. The van der Waals surface area contributed by atoms with Gasteiger partial charge in [0.15, 0.2) is 0 Å². The van der Waals surface area contributed by atoms with Gasteiger partial charge in [0.05, 0.1) is 19.2 Å². The summed E-state index contributed by atoms with van der Waals surface area (Å²) in [5.74, 6) is -0.170. The van der Waals surface area contributed by atoms with Gasteiger partial charge in [-0.15, -0.1) is 0 Å². The van der Waals surface area contributed by atoms with Crippen molar-refractivity contribution >= 4 is 17.6 Å². The standard InChI is InChI=1S/C24H30N4O3/c29-21-15-22(28(17-21)24(31)26-19-9-5-2-6-10-19)23(30)25-20-11-13-27(14-12-20)16-18-7-3-1-4-8-18/h1-10,20-22,29H,11-17H2,(H,25,30)(H,26,31)/p+1/t21-,22-/m0/s1. The number of urea groups is 1. The van der Waals surface area contributed by atoms with E-state index in [9.17, 15) is 14.7 Å². The SMILES string of the molecule is O=C(NC1CC[NH+](Cc2ccccc2)CC1)[C@@H]1C[C@H](O)CN1C(=O)Nc1ccccc1. The second-order valence-corrected chi connectivity index (χ2v) is 8.55. The first-order chi connectivity index (χ1) is 15.1. The number of β-amino-alcohol motifs (C(OH)–C–C–N with tert-alkyl or cyclic N) is 1. The normalized spacial score (nSPS) is 25.8. The molecule has 2 saturated heterocycles. The lowest BCUT2D eigenvalue weighted by Gasteiger charge is -2.31. The van der Waals surface area contributed by atoms with Crippen molar-refractivity contribution in [3.8, 4) is 0 Å².